The van der Waals surface area contributed by atoms with Crippen molar-refractivity contribution in [3.05, 3.63) is 64.4 Å². The number of benzene rings is 1. The Morgan fingerprint density at radius 3 is 3.00 bits per heavy atom. The van der Waals surface area contributed by atoms with Crippen LogP contribution in [0.25, 0.3) is 5.52 Å². The van der Waals surface area contributed by atoms with Crippen LogP contribution in [-0.4, -0.2) is 21.6 Å². The monoisotopic (exact) mass is 348 g/mol. The molecule has 0 aliphatic rings. The molecule has 0 aliphatic carbocycles. The zero-order valence-electron chi connectivity index (χ0n) is 11.4. The Bertz CT molecular complexity index is 771. The number of aromatic nitrogens is 3. The number of fused-ring (bicyclic) bond motifs is 1. The van der Waals surface area contributed by atoms with Crippen molar-refractivity contribution >= 4 is 21.4 Å². The summed E-state index contributed by atoms with van der Waals surface area (Å²) >= 11 is 3.22. The summed E-state index contributed by atoms with van der Waals surface area (Å²) in [6, 6.07) is 5.17. The van der Waals surface area contributed by atoms with Crippen LogP contribution in [0.15, 0.2) is 47.5 Å². The highest BCUT2D eigenvalue weighted by molar-refractivity contribution is 9.10. The summed E-state index contributed by atoms with van der Waals surface area (Å²) in [4.78, 5) is 4.15. The molecule has 2 aromatic heterocycles. The van der Waals surface area contributed by atoms with E-state index >= 15 is 0 Å². The first-order valence-electron chi connectivity index (χ1n) is 6.57. The highest BCUT2D eigenvalue weighted by Crippen LogP contribution is 2.24. The van der Waals surface area contributed by atoms with E-state index in [4.69, 9.17) is 0 Å². The number of halogens is 2. The molecule has 1 atom stereocenters. The fourth-order valence-corrected chi connectivity index (χ4v) is 2.82. The molecule has 2 heterocycles. The Morgan fingerprint density at radius 2 is 2.24 bits per heavy atom. The summed E-state index contributed by atoms with van der Waals surface area (Å²) in [7, 11) is 1.91. The maximum Gasteiger partial charge on any atom is 0.137 e. The number of hydrogen-bond acceptors (Lipinski definition) is 3. The van der Waals surface area contributed by atoms with Gasteiger partial charge < -0.3 is 5.32 Å². The Labute approximate surface area is 130 Å². The van der Waals surface area contributed by atoms with Crippen LogP contribution in [0.1, 0.15) is 17.2 Å². The lowest BCUT2D eigenvalue weighted by Gasteiger charge is -2.15. The van der Waals surface area contributed by atoms with Crippen molar-refractivity contribution in [3.63, 3.8) is 0 Å². The van der Waals surface area contributed by atoms with E-state index in [9.17, 15) is 4.39 Å². The van der Waals surface area contributed by atoms with E-state index < -0.39 is 0 Å². The number of rotatable bonds is 4. The Hall–Kier alpha value is -1.79. The second kappa shape index (κ2) is 5.91. The first kappa shape index (κ1) is 14.2. The van der Waals surface area contributed by atoms with E-state index in [1.54, 1.807) is 23.0 Å². The van der Waals surface area contributed by atoms with E-state index in [1.807, 2.05) is 25.5 Å². The van der Waals surface area contributed by atoms with E-state index in [2.05, 4.69) is 31.3 Å². The molecule has 0 fully saturated rings. The lowest BCUT2D eigenvalue weighted by atomic mass is 10.0. The average Bonchev–Trinajstić information content (AvgIpc) is 2.92. The molecule has 1 aromatic carbocycles. The van der Waals surface area contributed by atoms with E-state index in [1.165, 1.54) is 6.07 Å². The smallest absolute Gasteiger partial charge is 0.137 e. The van der Waals surface area contributed by atoms with Crippen molar-refractivity contribution in [2.24, 2.45) is 0 Å². The molecule has 0 amide bonds. The van der Waals surface area contributed by atoms with Crippen LogP contribution in [0.4, 0.5) is 4.39 Å². The van der Waals surface area contributed by atoms with Gasteiger partial charge in [0.2, 0.25) is 0 Å². The molecular weight excluding hydrogens is 335 g/mol. The predicted molar refractivity (Wildman–Crippen MR) is 82.6 cm³/mol. The third kappa shape index (κ3) is 2.82. The van der Waals surface area contributed by atoms with Crippen molar-refractivity contribution in [3.8, 4) is 0 Å². The van der Waals surface area contributed by atoms with E-state index in [0.29, 0.717) is 4.47 Å². The van der Waals surface area contributed by atoms with Crippen molar-refractivity contribution < 1.29 is 4.39 Å². The number of nitrogens with one attached hydrogen (secondary N) is 1. The van der Waals surface area contributed by atoms with Gasteiger partial charge in [0.05, 0.1) is 22.4 Å². The minimum Gasteiger partial charge on any atom is -0.313 e. The number of likely N-dealkylation sites (N-methyl/N-ethyl adjacent to an activating group) is 1. The van der Waals surface area contributed by atoms with Gasteiger partial charge in [0.25, 0.3) is 0 Å². The topological polar surface area (TPSA) is 42.2 Å². The molecular formula is C15H14BrFN4. The Morgan fingerprint density at radius 1 is 1.38 bits per heavy atom. The molecule has 0 bridgehead atoms. The zero-order chi connectivity index (χ0) is 14.8. The van der Waals surface area contributed by atoms with Gasteiger partial charge in [0.1, 0.15) is 5.82 Å². The fourth-order valence-electron chi connectivity index (χ4n) is 2.39. The molecule has 21 heavy (non-hydrogen) atoms. The van der Waals surface area contributed by atoms with Gasteiger partial charge in [0, 0.05) is 24.0 Å². The average molecular weight is 349 g/mol. The third-order valence-electron chi connectivity index (χ3n) is 3.50. The van der Waals surface area contributed by atoms with E-state index in [-0.39, 0.29) is 11.9 Å². The highest BCUT2D eigenvalue weighted by Gasteiger charge is 2.16. The number of hydrogen-bond donors (Lipinski definition) is 1. The van der Waals surface area contributed by atoms with Gasteiger partial charge >= 0.3 is 0 Å². The first-order chi connectivity index (χ1) is 10.2. The molecule has 0 saturated heterocycles. The summed E-state index contributed by atoms with van der Waals surface area (Å²) in [6.07, 6.45) is 7.91. The molecule has 6 heteroatoms. The molecule has 4 nitrogen and oxygen atoms in total. The van der Waals surface area contributed by atoms with Gasteiger partial charge in [-0.15, -0.1) is 0 Å². The van der Waals surface area contributed by atoms with Crippen molar-refractivity contribution in [2.75, 3.05) is 7.05 Å². The zero-order valence-corrected chi connectivity index (χ0v) is 13.0. The number of nitrogens with zero attached hydrogens (tertiary/aromatic N) is 3. The summed E-state index contributed by atoms with van der Waals surface area (Å²) in [5.74, 6) is -0.250. The van der Waals surface area contributed by atoms with Crippen LogP contribution >= 0.6 is 15.9 Å². The molecule has 0 aliphatic heterocycles. The largest absolute Gasteiger partial charge is 0.313 e. The molecule has 3 rings (SSSR count). The van der Waals surface area contributed by atoms with Crippen molar-refractivity contribution in [1.29, 1.82) is 0 Å². The second-order valence-corrected chi connectivity index (χ2v) is 5.65. The lowest BCUT2D eigenvalue weighted by Crippen LogP contribution is -2.18. The minimum atomic E-state index is -0.250. The standard InChI is InChI=1S/C15H14BrFN4/c1-18-14(7-10-2-3-13(17)12(16)6-10)11-8-20-21-5-4-19-9-15(11)21/h2-6,8-9,14,18H,7H2,1H3. The van der Waals surface area contributed by atoms with Crippen LogP contribution in [0.3, 0.4) is 0 Å². The lowest BCUT2D eigenvalue weighted by molar-refractivity contribution is 0.591. The molecule has 108 valence electrons. The molecule has 0 saturated carbocycles. The Balaban J connectivity index is 1.93. The third-order valence-corrected chi connectivity index (χ3v) is 4.11. The van der Waals surface area contributed by atoms with Crippen LogP contribution in [-0.2, 0) is 6.42 Å². The SMILES string of the molecule is CNC(Cc1ccc(F)c(Br)c1)c1cnn2ccncc12. The van der Waals surface area contributed by atoms with Gasteiger partial charge in [-0.1, -0.05) is 6.07 Å². The first-order valence-corrected chi connectivity index (χ1v) is 7.37. The van der Waals surface area contributed by atoms with Crippen LogP contribution in [0.2, 0.25) is 0 Å². The van der Waals surface area contributed by atoms with Crippen LogP contribution in [0, 0.1) is 5.82 Å². The summed E-state index contributed by atoms with van der Waals surface area (Å²) in [5, 5.41) is 7.62. The van der Waals surface area contributed by atoms with Crippen molar-refractivity contribution in [1.82, 2.24) is 19.9 Å². The summed E-state index contributed by atoms with van der Waals surface area (Å²) in [5.41, 5.74) is 3.09. The van der Waals surface area contributed by atoms with Crippen LogP contribution in [0.5, 0.6) is 0 Å². The predicted octanol–water partition coefficient (Wildman–Crippen LogP) is 3.13. The molecule has 1 unspecified atom stereocenters. The molecule has 0 radical (unpaired) electrons. The Kier molecular flexibility index (Phi) is 3.98. The normalized spacial score (nSPS) is 12.7. The van der Waals surface area contributed by atoms with Gasteiger partial charge in [-0.25, -0.2) is 8.91 Å². The van der Waals surface area contributed by atoms with E-state index in [0.717, 1.165) is 23.1 Å². The highest BCUT2D eigenvalue weighted by atomic mass is 79.9. The molecule has 3 aromatic rings. The minimum absolute atomic E-state index is 0.0871. The van der Waals surface area contributed by atoms with Gasteiger partial charge in [-0.05, 0) is 47.1 Å². The fraction of sp³-hybridized carbons (Fsp3) is 0.200. The second-order valence-electron chi connectivity index (χ2n) is 4.80. The molecule has 1 N–H and O–H groups in total. The maximum absolute atomic E-state index is 13.3. The molecule has 0 spiro atoms. The summed E-state index contributed by atoms with van der Waals surface area (Å²) in [6.45, 7) is 0. The maximum atomic E-state index is 13.3. The quantitative estimate of drug-likeness (QED) is 0.787. The summed E-state index contributed by atoms with van der Waals surface area (Å²) < 4.78 is 15.6. The van der Waals surface area contributed by atoms with Crippen molar-refractivity contribution in [2.45, 2.75) is 12.5 Å². The van der Waals surface area contributed by atoms with Gasteiger partial charge in [-0.3, -0.25) is 4.98 Å². The van der Waals surface area contributed by atoms with Crippen LogP contribution < -0.4 is 5.32 Å². The van der Waals surface area contributed by atoms with Gasteiger partial charge in [0.15, 0.2) is 0 Å². The van der Waals surface area contributed by atoms with Gasteiger partial charge in [-0.2, -0.15) is 5.10 Å².